The van der Waals surface area contributed by atoms with Crippen LogP contribution in [0.25, 0.3) is 0 Å². The van der Waals surface area contributed by atoms with Crippen molar-refractivity contribution in [3.05, 3.63) is 17.5 Å². The molecule has 0 fully saturated rings. The molecule has 1 atom stereocenters. The quantitative estimate of drug-likeness (QED) is 0.562. The summed E-state index contributed by atoms with van der Waals surface area (Å²) in [6.45, 7) is 9.53. The van der Waals surface area contributed by atoms with Crippen LogP contribution in [0, 0.1) is 6.92 Å². The lowest BCUT2D eigenvalue weighted by atomic mass is 9.81. The first-order valence-electron chi connectivity index (χ1n) is 7.62. The number of aryl methyl sites for hydroxylation is 2. The van der Waals surface area contributed by atoms with E-state index in [-0.39, 0.29) is 11.6 Å². The molecule has 5 heteroatoms. The van der Waals surface area contributed by atoms with Crippen LogP contribution in [0.1, 0.15) is 45.0 Å². The highest BCUT2D eigenvalue weighted by Gasteiger charge is 2.37. The largest absolute Gasteiger partial charge is 0.302 e. The molecular weight excluding hydrogens is 250 g/mol. The lowest BCUT2D eigenvalue weighted by molar-refractivity contribution is 0.0873. The molecule has 0 aliphatic rings. The first-order valence-corrected chi connectivity index (χ1v) is 7.62. The molecule has 0 saturated carbocycles. The Kier molecular flexibility index (Phi) is 6.17. The molecule has 116 valence electrons. The minimum Gasteiger partial charge on any atom is -0.302 e. The molecule has 0 bridgehead atoms. The molecule has 1 aromatic heterocycles. The van der Waals surface area contributed by atoms with Crippen molar-refractivity contribution < 1.29 is 0 Å². The fourth-order valence-corrected chi connectivity index (χ4v) is 3.34. The Labute approximate surface area is 123 Å². The third-order valence-electron chi connectivity index (χ3n) is 4.66. The normalized spacial score (nSPS) is 14.0. The van der Waals surface area contributed by atoms with Crippen molar-refractivity contribution in [2.45, 2.75) is 65.1 Å². The van der Waals surface area contributed by atoms with E-state index in [2.05, 4.69) is 61.0 Å². The summed E-state index contributed by atoms with van der Waals surface area (Å²) in [6.07, 6.45) is 3.01. The lowest BCUT2D eigenvalue weighted by Crippen LogP contribution is -2.61. The van der Waals surface area contributed by atoms with E-state index < -0.39 is 0 Å². The number of rotatable bonds is 8. The maximum Gasteiger partial charge on any atom is 0.0596 e. The molecule has 0 aliphatic carbocycles. The first kappa shape index (κ1) is 17.1. The topological polar surface area (TPSA) is 59.1 Å². The molecule has 1 unspecified atom stereocenters. The van der Waals surface area contributed by atoms with E-state index >= 15 is 0 Å². The second-order valence-corrected chi connectivity index (χ2v) is 5.72. The minimum atomic E-state index is 0.0610. The van der Waals surface area contributed by atoms with Gasteiger partial charge in [-0.3, -0.25) is 16.0 Å². The van der Waals surface area contributed by atoms with Gasteiger partial charge >= 0.3 is 0 Å². The summed E-state index contributed by atoms with van der Waals surface area (Å²) < 4.78 is 2.07. The fraction of sp³-hybridized carbons (Fsp3) is 0.800. The fourth-order valence-electron chi connectivity index (χ4n) is 3.34. The van der Waals surface area contributed by atoms with E-state index in [9.17, 15) is 0 Å². The number of aromatic nitrogens is 2. The maximum absolute atomic E-state index is 5.89. The van der Waals surface area contributed by atoms with Gasteiger partial charge in [-0.15, -0.1) is 0 Å². The Morgan fingerprint density at radius 2 is 1.95 bits per heavy atom. The Morgan fingerprint density at radius 1 is 1.35 bits per heavy atom. The zero-order valence-electron chi connectivity index (χ0n) is 13.9. The van der Waals surface area contributed by atoms with E-state index in [1.165, 1.54) is 5.69 Å². The van der Waals surface area contributed by atoms with Gasteiger partial charge in [-0.25, -0.2) is 0 Å². The molecule has 0 spiro atoms. The maximum atomic E-state index is 5.89. The molecule has 0 aromatic carbocycles. The van der Waals surface area contributed by atoms with Crippen LogP contribution in [-0.2, 0) is 13.0 Å². The molecular formula is C15H31N5. The second kappa shape index (κ2) is 7.20. The van der Waals surface area contributed by atoms with Crippen molar-refractivity contribution in [1.82, 2.24) is 20.1 Å². The van der Waals surface area contributed by atoms with E-state index in [4.69, 9.17) is 5.84 Å². The predicted molar refractivity (Wildman–Crippen MR) is 84.5 cm³/mol. The first-order chi connectivity index (χ1) is 9.44. The van der Waals surface area contributed by atoms with E-state index in [0.717, 1.165) is 31.5 Å². The van der Waals surface area contributed by atoms with E-state index in [1.807, 2.05) is 6.92 Å². The van der Waals surface area contributed by atoms with Crippen molar-refractivity contribution in [2.24, 2.45) is 5.84 Å². The highest BCUT2D eigenvalue weighted by Crippen LogP contribution is 2.27. The summed E-state index contributed by atoms with van der Waals surface area (Å²) in [5.74, 6) is 5.89. The number of hydrogen-bond acceptors (Lipinski definition) is 4. The standard InChI is InChI=1S/C15H31N5/c1-7-15(8-2,19(5)6)14(17-16)11-13-10-12(4)18-20(13)9-3/h10,14,17H,7-9,11,16H2,1-6H3. The van der Waals surface area contributed by atoms with Gasteiger partial charge in [0.25, 0.3) is 0 Å². The average Bonchev–Trinajstić information content (AvgIpc) is 2.79. The summed E-state index contributed by atoms with van der Waals surface area (Å²) in [5.41, 5.74) is 5.43. The van der Waals surface area contributed by atoms with Gasteiger partial charge in [0.2, 0.25) is 0 Å². The van der Waals surface area contributed by atoms with Gasteiger partial charge in [-0.2, -0.15) is 5.10 Å². The van der Waals surface area contributed by atoms with Crippen molar-refractivity contribution in [3.63, 3.8) is 0 Å². The van der Waals surface area contributed by atoms with Gasteiger partial charge in [0.15, 0.2) is 0 Å². The van der Waals surface area contributed by atoms with Gasteiger partial charge in [0, 0.05) is 30.2 Å². The predicted octanol–water partition coefficient (Wildman–Crippen LogP) is 1.71. The molecule has 0 radical (unpaired) electrons. The van der Waals surface area contributed by atoms with Gasteiger partial charge in [-0.05, 0) is 46.9 Å². The number of hydrogen-bond donors (Lipinski definition) is 2. The Bertz CT molecular complexity index is 406. The third kappa shape index (κ3) is 3.22. The molecule has 1 aromatic rings. The number of nitrogens with one attached hydrogen (secondary N) is 1. The summed E-state index contributed by atoms with van der Waals surface area (Å²) in [6, 6.07) is 2.37. The van der Waals surface area contributed by atoms with E-state index in [1.54, 1.807) is 0 Å². The van der Waals surface area contributed by atoms with Crippen molar-refractivity contribution in [1.29, 1.82) is 0 Å². The molecule has 3 N–H and O–H groups in total. The Hall–Kier alpha value is -0.910. The van der Waals surface area contributed by atoms with E-state index in [0.29, 0.717) is 0 Å². The van der Waals surface area contributed by atoms with Crippen LogP contribution in [0.5, 0.6) is 0 Å². The molecule has 0 amide bonds. The lowest BCUT2D eigenvalue weighted by Gasteiger charge is -2.45. The summed E-state index contributed by atoms with van der Waals surface area (Å²) in [4.78, 5) is 2.30. The highest BCUT2D eigenvalue weighted by molar-refractivity contribution is 5.13. The van der Waals surface area contributed by atoms with Gasteiger partial charge in [-0.1, -0.05) is 13.8 Å². The van der Waals surface area contributed by atoms with Crippen LogP contribution in [-0.4, -0.2) is 40.4 Å². The van der Waals surface area contributed by atoms with Gasteiger partial charge in [0.1, 0.15) is 0 Å². The van der Waals surface area contributed by atoms with Crippen molar-refractivity contribution in [2.75, 3.05) is 14.1 Å². The monoisotopic (exact) mass is 281 g/mol. The molecule has 5 nitrogen and oxygen atoms in total. The van der Waals surface area contributed by atoms with Crippen molar-refractivity contribution >= 4 is 0 Å². The van der Waals surface area contributed by atoms with Gasteiger partial charge < -0.3 is 4.90 Å². The van der Waals surface area contributed by atoms with Crippen LogP contribution in [0.15, 0.2) is 6.07 Å². The number of likely N-dealkylation sites (N-methyl/N-ethyl adjacent to an activating group) is 1. The van der Waals surface area contributed by atoms with Crippen LogP contribution in [0.4, 0.5) is 0 Å². The number of nitrogens with two attached hydrogens (primary N) is 1. The Morgan fingerprint density at radius 3 is 2.35 bits per heavy atom. The van der Waals surface area contributed by atoms with Crippen LogP contribution >= 0.6 is 0 Å². The molecule has 20 heavy (non-hydrogen) atoms. The molecule has 0 saturated heterocycles. The zero-order valence-corrected chi connectivity index (χ0v) is 13.9. The zero-order chi connectivity index (χ0) is 15.3. The summed E-state index contributed by atoms with van der Waals surface area (Å²) in [7, 11) is 4.28. The molecule has 0 aliphatic heterocycles. The second-order valence-electron chi connectivity index (χ2n) is 5.72. The SMILES string of the molecule is CCn1nc(C)cc1CC(NN)C(CC)(CC)N(C)C. The summed E-state index contributed by atoms with van der Waals surface area (Å²) in [5, 5.41) is 4.53. The Balaban J connectivity index is 3.06. The molecule has 1 rings (SSSR count). The smallest absolute Gasteiger partial charge is 0.0596 e. The van der Waals surface area contributed by atoms with Gasteiger partial charge in [0.05, 0.1) is 5.69 Å². The van der Waals surface area contributed by atoms with Crippen LogP contribution in [0.3, 0.4) is 0 Å². The van der Waals surface area contributed by atoms with Crippen LogP contribution < -0.4 is 11.3 Å². The highest BCUT2D eigenvalue weighted by atomic mass is 15.3. The minimum absolute atomic E-state index is 0.0610. The number of nitrogens with zero attached hydrogens (tertiary/aromatic N) is 3. The number of hydrazine groups is 1. The van der Waals surface area contributed by atoms with Crippen molar-refractivity contribution in [3.8, 4) is 0 Å². The third-order valence-corrected chi connectivity index (χ3v) is 4.66. The average molecular weight is 281 g/mol. The summed E-state index contributed by atoms with van der Waals surface area (Å²) >= 11 is 0. The van der Waals surface area contributed by atoms with Crippen LogP contribution in [0.2, 0.25) is 0 Å². The molecule has 1 heterocycles.